The van der Waals surface area contributed by atoms with E-state index in [1.165, 1.54) is 22.8 Å². The first kappa shape index (κ1) is 20.9. The van der Waals surface area contributed by atoms with Gasteiger partial charge >= 0.3 is 5.76 Å². The van der Waals surface area contributed by atoms with E-state index in [9.17, 15) is 19.7 Å². The largest absolute Gasteiger partial charge is 0.419 e. The van der Waals surface area contributed by atoms with Crippen LogP contribution in [0.3, 0.4) is 0 Å². The standard InChI is InChI=1S/C21H21ClN4O5/c22-15-3-5-16(6-4-15)23-10-12-24(13-11-23)20(27)2-1-9-25-18-8-7-17(26(29)30)14-19(18)31-21(25)28/h3-8,14H,1-2,9-13H2. The molecule has 1 aromatic heterocycles. The number of hydrogen-bond donors (Lipinski definition) is 0. The summed E-state index contributed by atoms with van der Waals surface area (Å²) in [6.07, 6.45) is 0.787. The first-order chi connectivity index (χ1) is 14.9. The number of carbonyl (C=O) groups excluding carboxylic acids is 1. The van der Waals surface area contributed by atoms with Gasteiger partial charge in [0, 0.05) is 55.9 Å². The molecular weight excluding hydrogens is 424 g/mol. The Labute approximate surface area is 182 Å². The van der Waals surface area contributed by atoms with Gasteiger partial charge in [-0.25, -0.2) is 4.79 Å². The van der Waals surface area contributed by atoms with Crippen LogP contribution in [0.25, 0.3) is 11.1 Å². The Morgan fingerprint density at radius 1 is 1.10 bits per heavy atom. The number of fused-ring (bicyclic) bond motifs is 1. The smallest absolute Gasteiger partial charge is 0.407 e. The van der Waals surface area contributed by atoms with Gasteiger partial charge in [-0.2, -0.15) is 0 Å². The lowest BCUT2D eigenvalue weighted by Gasteiger charge is -2.36. The number of nitro benzene ring substituents is 1. The topological polar surface area (TPSA) is 102 Å². The van der Waals surface area contributed by atoms with Crippen LogP contribution in [0.15, 0.2) is 51.7 Å². The van der Waals surface area contributed by atoms with Crippen LogP contribution in [-0.2, 0) is 11.3 Å². The molecule has 1 aliphatic heterocycles. The van der Waals surface area contributed by atoms with Crippen LogP contribution in [0, 0.1) is 10.1 Å². The van der Waals surface area contributed by atoms with Gasteiger partial charge in [-0.3, -0.25) is 19.5 Å². The highest BCUT2D eigenvalue weighted by Crippen LogP contribution is 2.21. The molecule has 3 aromatic rings. The highest BCUT2D eigenvalue weighted by molar-refractivity contribution is 6.30. The second-order valence-corrected chi connectivity index (χ2v) is 7.81. The van der Waals surface area contributed by atoms with Gasteiger partial charge in [0.1, 0.15) is 0 Å². The summed E-state index contributed by atoms with van der Waals surface area (Å²) in [7, 11) is 0. The summed E-state index contributed by atoms with van der Waals surface area (Å²) in [4.78, 5) is 39.1. The quantitative estimate of drug-likeness (QED) is 0.427. The first-order valence-corrected chi connectivity index (χ1v) is 10.4. The normalized spacial score (nSPS) is 14.2. The molecule has 0 bridgehead atoms. The minimum Gasteiger partial charge on any atom is -0.407 e. The number of nitro groups is 1. The third-order valence-corrected chi connectivity index (χ3v) is 5.71. The fourth-order valence-electron chi connectivity index (χ4n) is 3.79. The Balaban J connectivity index is 1.31. The summed E-state index contributed by atoms with van der Waals surface area (Å²) in [6.45, 7) is 3.08. The predicted octanol–water partition coefficient (Wildman–Crippen LogP) is 3.29. The van der Waals surface area contributed by atoms with Gasteiger partial charge in [-0.05, 0) is 36.8 Å². The predicted molar refractivity (Wildman–Crippen MR) is 117 cm³/mol. The zero-order valence-corrected chi connectivity index (χ0v) is 17.5. The fraction of sp³-hybridized carbons (Fsp3) is 0.333. The van der Waals surface area contributed by atoms with Crippen LogP contribution in [0.2, 0.25) is 5.02 Å². The Bertz CT molecular complexity index is 1160. The number of non-ortho nitro benzene ring substituents is 1. The van der Waals surface area contributed by atoms with Crippen LogP contribution < -0.4 is 10.7 Å². The molecule has 1 amide bonds. The molecule has 0 radical (unpaired) electrons. The lowest BCUT2D eigenvalue weighted by molar-refractivity contribution is -0.384. The third-order valence-electron chi connectivity index (χ3n) is 5.46. The molecule has 0 unspecified atom stereocenters. The maximum Gasteiger partial charge on any atom is 0.419 e. The van der Waals surface area contributed by atoms with E-state index in [0.29, 0.717) is 43.0 Å². The highest BCUT2D eigenvalue weighted by Gasteiger charge is 2.21. The van der Waals surface area contributed by atoms with Gasteiger partial charge in [0.15, 0.2) is 5.58 Å². The molecule has 0 spiro atoms. The molecule has 1 aliphatic rings. The number of hydrogen-bond acceptors (Lipinski definition) is 6. The number of piperazine rings is 1. The fourth-order valence-corrected chi connectivity index (χ4v) is 3.92. The maximum atomic E-state index is 12.6. The number of aryl methyl sites for hydroxylation is 1. The molecule has 31 heavy (non-hydrogen) atoms. The number of rotatable bonds is 6. The van der Waals surface area contributed by atoms with Gasteiger partial charge in [0.25, 0.3) is 5.69 Å². The highest BCUT2D eigenvalue weighted by atomic mass is 35.5. The summed E-state index contributed by atoms with van der Waals surface area (Å²) < 4.78 is 6.53. The average molecular weight is 445 g/mol. The van der Waals surface area contributed by atoms with Crippen LogP contribution in [-0.4, -0.2) is 46.5 Å². The van der Waals surface area contributed by atoms with E-state index in [2.05, 4.69) is 4.90 Å². The van der Waals surface area contributed by atoms with Gasteiger partial charge in [0.05, 0.1) is 16.5 Å². The molecule has 4 rings (SSSR count). The van der Waals surface area contributed by atoms with Crippen molar-refractivity contribution in [3.63, 3.8) is 0 Å². The second kappa shape index (κ2) is 8.81. The molecule has 10 heteroatoms. The third kappa shape index (κ3) is 4.56. The number of nitrogens with zero attached hydrogens (tertiary/aromatic N) is 4. The van der Waals surface area contributed by atoms with E-state index in [0.717, 1.165) is 18.8 Å². The molecule has 1 saturated heterocycles. The summed E-state index contributed by atoms with van der Waals surface area (Å²) in [5.41, 5.74) is 1.60. The van der Waals surface area contributed by atoms with Crippen molar-refractivity contribution in [3.8, 4) is 0 Å². The molecule has 2 aromatic carbocycles. The zero-order chi connectivity index (χ0) is 22.0. The summed E-state index contributed by atoms with van der Waals surface area (Å²) in [5, 5.41) is 11.6. The van der Waals surface area contributed by atoms with E-state index >= 15 is 0 Å². The van der Waals surface area contributed by atoms with Crippen molar-refractivity contribution in [1.82, 2.24) is 9.47 Å². The number of carbonyl (C=O) groups is 1. The Morgan fingerprint density at radius 3 is 2.48 bits per heavy atom. The van der Waals surface area contributed by atoms with Gasteiger partial charge in [-0.1, -0.05) is 11.6 Å². The Morgan fingerprint density at radius 2 is 1.81 bits per heavy atom. The minimum absolute atomic E-state index is 0.0484. The first-order valence-electron chi connectivity index (χ1n) is 9.98. The van der Waals surface area contributed by atoms with E-state index < -0.39 is 10.7 Å². The van der Waals surface area contributed by atoms with Crippen LogP contribution in [0.5, 0.6) is 0 Å². The van der Waals surface area contributed by atoms with Crippen LogP contribution >= 0.6 is 11.6 Å². The summed E-state index contributed by atoms with van der Waals surface area (Å²) in [6, 6.07) is 11.7. The van der Waals surface area contributed by atoms with Gasteiger partial charge in [0.2, 0.25) is 5.91 Å². The zero-order valence-electron chi connectivity index (χ0n) is 16.7. The molecule has 0 atom stereocenters. The molecule has 2 heterocycles. The second-order valence-electron chi connectivity index (χ2n) is 7.38. The molecule has 1 fully saturated rings. The van der Waals surface area contributed by atoms with Crippen molar-refractivity contribution in [1.29, 1.82) is 0 Å². The lowest BCUT2D eigenvalue weighted by Crippen LogP contribution is -2.48. The van der Waals surface area contributed by atoms with Crippen molar-refractivity contribution in [2.45, 2.75) is 19.4 Å². The lowest BCUT2D eigenvalue weighted by atomic mass is 10.2. The van der Waals surface area contributed by atoms with Crippen LogP contribution in [0.1, 0.15) is 12.8 Å². The summed E-state index contributed by atoms with van der Waals surface area (Å²) >= 11 is 5.94. The summed E-state index contributed by atoms with van der Waals surface area (Å²) in [5.74, 6) is -0.535. The number of amides is 1. The molecule has 0 aliphatic carbocycles. The monoisotopic (exact) mass is 444 g/mol. The molecular formula is C21H21ClN4O5. The van der Waals surface area contributed by atoms with Crippen molar-refractivity contribution in [3.05, 3.63) is 68.2 Å². The maximum absolute atomic E-state index is 12.6. The number of oxazole rings is 1. The Kier molecular flexibility index (Phi) is 5.94. The SMILES string of the molecule is O=C(CCCn1c(=O)oc2cc([N+](=O)[O-])ccc21)N1CCN(c2ccc(Cl)cc2)CC1. The van der Waals surface area contributed by atoms with E-state index in [-0.39, 0.29) is 17.2 Å². The Hall–Kier alpha value is -3.33. The van der Waals surface area contributed by atoms with Crippen molar-refractivity contribution < 1.29 is 14.1 Å². The molecule has 0 N–H and O–H groups in total. The van der Waals surface area contributed by atoms with Crippen molar-refractivity contribution in [2.24, 2.45) is 0 Å². The number of anilines is 1. The van der Waals surface area contributed by atoms with Gasteiger partial charge in [-0.15, -0.1) is 0 Å². The van der Waals surface area contributed by atoms with Gasteiger partial charge < -0.3 is 14.2 Å². The van der Waals surface area contributed by atoms with Crippen LogP contribution in [0.4, 0.5) is 11.4 Å². The van der Waals surface area contributed by atoms with E-state index in [4.69, 9.17) is 16.0 Å². The number of aromatic nitrogens is 1. The van der Waals surface area contributed by atoms with Crippen molar-refractivity contribution >= 4 is 40.0 Å². The number of benzene rings is 2. The molecule has 162 valence electrons. The minimum atomic E-state index is -0.584. The molecule has 0 saturated carbocycles. The van der Waals surface area contributed by atoms with Crippen molar-refractivity contribution in [2.75, 3.05) is 31.1 Å². The van der Waals surface area contributed by atoms with E-state index in [1.54, 1.807) is 0 Å². The van der Waals surface area contributed by atoms with E-state index in [1.807, 2.05) is 29.2 Å². The average Bonchev–Trinajstić information content (AvgIpc) is 3.08. The number of halogens is 1. The molecule has 9 nitrogen and oxygen atoms in total.